The first kappa shape index (κ1) is 17.5. The van der Waals surface area contributed by atoms with Crippen LogP contribution in [0.5, 0.6) is 5.75 Å². The van der Waals surface area contributed by atoms with Gasteiger partial charge in [0.1, 0.15) is 5.75 Å². The van der Waals surface area contributed by atoms with E-state index in [1.807, 2.05) is 25.1 Å². The van der Waals surface area contributed by atoms with Gasteiger partial charge in [0.2, 0.25) is 0 Å². The number of aliphatic hydroxyl groups is 1. The zero-order valence-corrected chi connectivity index (χ0v) is 13.6. The number of hydrogen-bond donors (Lipinski definition) is 2. The summed E-state index contributed by atoms with van der Waals surface area (Å²) in [6.07, 6.45) is -0.268. The van der Waals surface area contributed by atoms with Crippen molar-refractivity contribution < 1.29 is 14.6 Å². The summed E-state index contributed by atoms with van der Waals surface area (Å²) in [4.78, 5) is 12.0. The Kier molecular flexibility index (Phi) is 6.69. The monoisotopic (exact) mass is 293 g/mol. The molecule has 2 N–H and O–H groups in total. The number of hydrogen-bond acceptors (Lipinski definition) is 3. The van der Waals surface area contributed by atoms with Crippen molar-refractivity contribution in [3.8, 4) is 5.75 Å². The van der Waals surface area contributed by atoms with Crippen LogP contribution in [-0.2, 0) is 4.79 Å². The molecule has 0 heterocycles. The molecule has 1 aromatic rings. The molecule has 0 saturated carbocycles. The first-order chi connectivity index (χ1) is 9.81. The highest BCUT2D eigenvalue weighted by molar-refractivity contribution is 5.80. The predicted molar refractivity (Wildman–Crippen MR) is 84.4 cm³/mol. The Balaban J connectivity index is 2.67. The van der Waals surface area contributed by atoms with E-state index in [0.717, 1.165) is 12.0 Å². The molecular weight excluding hydrogens is 266 g/mol. The number of rotatable bonds is 7. The third-order valence-corrected chi connectivity index (χ3v) is 3.31. The minimum atomic E-state index is -0.628. The highest BCUT2D eigenvalue weighted by atomic mass is 16.5. The second kappa shape index (κ2) is 8.03. The molecule has 1 amide bonds. The van der Waals surface area contributed by atoms with E-state index in [1.165, 1.54) is 0 Å². The Hall–Kier alpha value is -1.55. The van der Waals surface area contributed by atoms with Crippen molar-refractivity contribution in [2.24, 2.45) is 5.92 Å². The summed E-state index contributed by atoms with van der Waals surface area (Å²) in [5, 5.41) is 12.6. The molecule has 0 saturated heterocycles. The lowest BCUT2D eigenvalue weighted by atomic mass is 10.1. The van der Waals surface area contributed by atoms with Crippen molar-refractivity contribution in [1.82, 2.24) is 5.32 Å². The van der Waals surface area contributed by atoms with Crippen molar-refractivity contribution in [1.29, 1.82) is 0 Å². The van der Waals surface area contributed by atoms with Crippen LogP contribution in [0.2, 0.25) is 0 Å². The quantitative estimate of drug-likeness (QED) is 0.812. The van der Waals surface area contributed by atoms with Gasteiger partial charge in [0.15, 0.2) is 6.10 Å². The second-order valence-electron chi connectivity index (χ2n) is 5.95. The minimum Gasteiger partial charge on any atom is -0.481 e. The Morgan fingerprint density at radius 3 is 2.52 bits per heavy atom. The maximum atomic E-state index is 12.0. The summed E-state index contributed by atoms with van der Waals surface area (Å²) in [6, 6.07) is 5.60. The molecule has 2 atom stereocenters. The minimum absolute atomic E-state index is 0.131. The van der Waals surface area contributed by atoms with Crippen LogP contribution in [0.25, 0.3) is 0 Å². The highest BCUT2D eigenvalue weighted by Crippen LogP contribution is 2.27. The molecule has 1 aromatic carbocycles. The van der Waals surface area contributed by atoms with E-state index < -0.39 is 12.2 Å². The van der Waals surface area contributed by atoms with Crippen LogP contribution < -0.4 is 10.1 Å². The summed E-state index contributed by atoms with van der Waals surface area (Å²) in [7, 11) is 0. The van der Waals surface area contributed by atoms with Crippen LogP contribution in [0, 0.1) is 12.8 Å². The fraction of sp³-hybridized carbons (Fsp3) is 0.588. The zero-order chi connectivity index (χ0) is 16.0. The molecule has 1 unspecified atom stereocenters. The Bertz CT molecular complexity index is 469. The molecule has 0 aliphatic rings. The molecule has 0 aromatic heterocycles. The molecule has 4 heteroatoms. The van der Waals surface area contributed by atoms with Crippen molar-refractivity contribution >= 4 is 5.91 Å². The number of ether oxygens (including phenoxy) is 1. The van der Waals surface area contributed by atoms with E-state index in [-0.39, 0.29) is 5.91 Å². The van der Waals surface area contributed by atoms with Crippen molar-refractivity contribution in [2.45, 2.75) is 53.2 Å². The van der Waals surface area contributed by atoms with Crippen LogP contribution in [-0.4, -0.2) is 23.7 Å². The normalized spacial score (nSPS) is 13.9. The number of benzene rings is 1. The van der Waals surface area contributed by atoms with Crippen molar-refractivity contribution in [2.75, 3.05) is 6.54 Å². The molecule has 0 aliphatic heterocycles. The lowest BCUT2D eigenvalue weighted by Crippen LogP contribution is -2.37. The number of carbonyl (C=O) groups is 1. The van der Waals surface area contributed by atoms with E-state index in [2.05, 4.69) is 19.2 Å². The number of aryl methyl sites for hydroxylation is 1. The van der Waals surface area contributed by atoms with Crippen LogP contribution >= 0.6 is 0 Å². The molecule has 0 radical (unpaired) electrons. The number of amides is 1. The van der Waals surface area contributed by atoms with Gasteiger partial charge in [-0.15, -0.1) is 0 Å². The summed E-state index contributed by atoms with van der Waals surface area (Å²) in [5.74, 6) is 0.991. The van der Waals surface area contributed by atoms with Gasteiger partial charge in [-0.1, -0.05) is 26.0 Å². The smallest absolute Gasteiger partial charge is 0.260 e. The molecule has 118 valence electrons. The van der Waals surface area contributed by atoms with Gasteiger partial charge in [0, 0.05) is 12.1 Å². The van der Waals surface area contributed by atoms with Gasteiger partial charge in [0.05, 0.1) is 6.10 Å². The van der Waals surface area contributed by atoms with Gasteiger partial charge in [-0.3, -0.25) is 4.79 Å². The SMILES string of the molecule is Cc1ccc([C@H](C)O)c(OC(C)C(=O)NCCC(C)C)c1. The van der Waals surface area contributed by atoms with E-state index in [4.69, 9.17) is 4.74 Å². The molecule has 0 fully saturated rings. The van der Waals surface area contributed by atoms with Gasteiger partial charge in [-0.05, 0) is 44.7 Å². The molecule has 0 bridgehead atoms. The van der Waals surface area contributed by atoms with Crippen LogP contribution in [0.1, 0.15) is 51.3 Å². The average Bonchev–Trinajstić information content (AvgIpc) is 2.37. The summed E-state index contributed by atoms with van der Waals surface area (Å²) in [6.45, 7) is 10.2. The molecular formula is C17H27NO3. The van der Waals surface area contributed by atoms with E-state index >= 15 is 0 Å². The summed E-state index contributed by atoms with van der Waals surface area (Å²) in [5.41, 5.74) is 1.73. The fourth-order valence-electron chi connectivity index (χ4n) is 1.96. The van der Waals surface area contributed by atoms with Crippen LogP contribution in [0.4, 0.5) is 0 Å². The molecule has 4 nitrogen and oxygen atoms in total. The average molecular weight is 293 g/mol. The Labute approximate surface area is 127 Å². The van der Waals surface area contributed by atoms with E-state index in [0.29, 0.717) is 23.8 Å². The van der Waals surface area contributed by atoms with Gasteiger partial charge in [0.25, 0.3) is 5.91 Å². The van der Waals surface area contributed by atoms with Crippen molar-refractivity contribution in [3.63, 3.8) is 0 Å². The molecule has 21 heavy (non-hydrogen) atoms. The lowest BCUT2D eigenvalue weighted by Gasteiger charge is -2.19. The standard InChI is InChI=1S/C17H27NO3/c1-11(2)8-9-18-17(20)14(5)21-16-10-12(3)6-7-15(16)13(4)19/h6-7,10-11,13-14,19H,8-9H2,1-5H3,(H,18,20)/t13-,14?/m0/s1. The maximum Gasteiger partial charge on any atom is 0.260 e. The number of aliphatic hydroxyl groups excluding tert-OH is 1. The largest absolute Gasteiger partial charge is 0.481 e. The van der Waals surface area contributed by atoms with Gasteiger partial charge < -0.3 is 15.2 Å². The number of carbonyl (C=O) groups excluding carboxylic acids is 1. The summed E-state index contributed by atoms with van der Waals surface area (Å²) >= 11 is 0. The van der Waals surface area contributed by atoms with Crippen LogP contribution in [0.3, 0.4) is 0 Å². The molecule has 0 spiro atoms. The van der Waals surface area contributed by atoms with Crippen LogP contribution in [0.15, 0.2) is 18.2 Å². The second-order valence-corrected chi connectivity index (χ2v) is 5.95. The first-order valence-electron chi connectivity index (χ1n) is 7.54. The van der Waals surface area contributed by atoms with Gasteiger partial charge in [-0.25, -0.2) is 0 Å². The molecule has 1 rings (SSSR count). The van der Waals surface area contributed by atoms with E-state index in [9.17, 15) is 9.90 Å². The van der Waals surface area contributed by atoms with Crippen molar-refractivity contribution in [3.05, 3.63) is 29.3 Å². The third kappa shape index (κ3) is 5.76. The third-order valence-electron chi connectivity index (χ3n) is 3.31. The fourth-order valence-corrected chi connectivity index (χ4v) is 1.96. The summed E-state index contributed by atoms with van der Waals surface area (Å²) < 4.78 is 5.73. The van der Waals surface area contributed by atoms with Gasteiger partial charge >= 0.3 is 0 Å². The Morgan fingerprint density at radius 1 is 1.29 bits per heavy atom. The first-order valence-corrected chi connectivity index (χ1v) is 7.54. The van der Waals surface area contributed by atoms with E-state index in [1.54, 1.807) is 13.8 Å². The number of nitrogens with one attached hydrogen (secondary N) is 1. The van der Waals surface area contributed by atoms with Gasteiger partial charge in [-0.2, -0.15) is 0 Å². The lowest BCUT2D eigenvalue weighted by molar-refractivity contribution is -0.127. The molecule has 0 aliphatic carbocycles. The zero-order valence-electron chi connectivity index (χ0n) is 13.6. The Morgan fingerprint density at radius 2 is 1.95 bits per heavy atom. The maximum absolute atomic E-state index is 12.0. The predicted octanol–water partition coefficient (Wildman–Crippen LogP) is 2.98. The topological polar surface area (TPSA) is 58.6 Å². The highest BCUT2D eigenvalue weighted by Gasteiger charge is 2.17.